The van der Waals surface area contributed by atoms with Crippen LogP contribution in [0.2, 0.25) is 5.02 Å². The van der Waals surface area contributed by atoms with Crippen LogP contribution in [0.15, 0.2) is 30.6 Å². The van der Waals surface area contributed by atoms with Crippen LogP contribution in [-0.2, 0) is 6.54 Å². The molecular weight excluding hydrogens is 396 g/mol. The summed E-state index contributed by atoms with van der Waals surface area (Å²) in [5, 5.41) is 31.0. The first-order valence-corrected chi connectivity index (χ1v) is 9.63. The van der Waals surface area contributed by atoms with Gasteiger partial charge in [0, 0.05) is 18.6 Å². The zero-order valence-corrected chi connectivity index (χ0v) is 16.5. The van der Waals surface area contributed by atoms with Gasteiger partial charge in [-0.15, -0.1) is 0 Å². The van der Waals surface area contributed by atoms with Crippen molar-refractivity contribution in [1.82, 2.24) is 25.1 Å². The molecule has 3 aromatic rings. The van der Waals surface area contributed by atoms with Crippen LogP contribution >= 0.6 is 11.6 Å². The number of aliphatic hydroxyl groups is 2. The van der Waals surface area contributed by atoms with Gasteiger partial charge in [-0.1, -0.05) is 23.7 Å². The molecule has 29 heavy (non-hydrogen) atoms. The van der Waals surface area contributed by atoms with E-state index in [0.717, 1.165) is 5.56 Å². The van der Waals surface area contributed by atoms with E-state index < -0.39 is 12.2 Å². The quantitative estimate of drug-likeness (QED) is 0.497. The van der Waals surface area contributed by atoms with Crippen LogP contribution in [0.1, 0.15) is 28.9 Å². The molecule has 1 amide bonds. The number of carbonyl (C=O) groups is 1. The zero-order valence-electron chi connectivity index (χ0n) is 15.7. The molecule has 3 atom stereocenters. The highest BCUT2D eigenvalue weighted by Gasteiger charge is 2.34. The first-order valence-electron chi connectivity index (χ1n) is 9.25. The number of aliphatic hydroxyl groups excluding tert-OH is 2. The molecule has 9 nitrogen and oxygen atoms in total. The Morgan fingerprint density at radius 1 is 1.34 bits per heavy atom. The Hall–Kier alpha value is -2.75. The van der Waals surface area contributed by atoms with Crippen molar-refractivity contribution < 1.29 is 15.0 Å². The van der Waals surface area contributed by atoms with Gasteiger partial charge >= 0.3 is 0 Å². The minimum atomic E-state index is -0.906. The lowest BCUT2D eigenvalue weighted by atomic mass is 10.1. The number of carbonyl (C=O) groups excluding carboxylic acids is 1. The number of H-pyrrole nitrogens is 1. The van der Waals surface area contributed by atoms with Crippen LogP contribution in [0.25, 0.3) is 11.0 Å². The van der Waals surface area contributed by atoms with E-state index in [1.807, 2.05) is 12.1 Å². The van der Waals surface area contributed by atoms with E-state index in [1.165, 1.54) is 6.33 Å². The number of anilines is 1. The summed E-state index contributed by atoms with van der Waals surface area (Å²) in [6, 6.07) is 6.94. The predicted octanol–water partition coefficient (Wildman–Crippen LogP) is 1.57. The third-order valence-electron chi connectivity index (χ3n) is 5.12. The van der Waals surface area contributed by atoms with Gasteiger partial charge in [0.1, 0.15) is 17.8 Å². The minimum Gasteiger partial charge on any atom is -0.390 e. The average Bonchev–Trinajstić information content (AvgIpc) is 3.27. The fraction of sp³-hybridized carbons (Fsp3) is 0.368. The van der Waals surface area contributed by atoms with Crippen LogP contribution in [0.3, 0.4) is 0 Å². The highest BCUT2D eigenvalue weighted by Crippen LogP contribution is 2.28. The number of nitrogens with one attached hydrogen (secondary N) is 2. The fourth-order valence-corrected chi connectivity index (χ4v) is 3.80. The fourth-order valence-electron chi connectivity index (χ4n) is 3.59. The highest BCUT2D eigenvalue weighted by molar-refractivity contribution is 6.30. The number of hydrogen-bond donors (Lipinski definition) is 4. The summed E-state index contributed by atoms with van der Waals surface area (Å²) >= 11 is 6.03. The Bertz CT molecular complexity index is 1040. The predicted molar refractivity (Wildman–Crippen MR) is 108 cm³/mol. The maximum atomic E-state index is 13.1. The number of benzene rings is 1. The van der Waals surface area contributed by atoms with Gasteiger partial charge in [-0.2, -0.15) is 5.10 Å². The number of hydrogen-bond acceptors (Lipinski definition) is 7. The molecule has 0 bridgehead atoms. The second-order valence-electron chi connectivity index (χ2n) is 7.20. The van der Waals surface area contributed by atoms with E-state index in [1.54, 1.807) is 24.1 Å². The van der Waals surface area contributed by atoms with Crippen molar-refractivity contribution in [3.8, 4) is 0 Å². The largest absolute Gasteiger partial charge is 0.390 e. The third kappa shape index (κ3) is 3.89. The summed E-state index contributed by atoms with van der Waals surface area (Å²) in [4.78, 5) is 23.0. The molecule has 1 saturated carbocycles. The lowest BCUT2D eigenvalue weighted by Gasteiger charge is -2.20. The van der Waals surface area contributed by atoms with Gasteiger partial charge in [0.2, 0.25) is 0 Å². The molecular formula is C19H21ClN6O3. The van der Waals surface area contributed by atoms with Crippen molar-refractivity contribution in [2.24, 2.45) is 0 Å². The van der Waals surface area contributed by atoms with E-state index in [0.29, 0.717) is 41.3 Å². The SMILES string of the molecule is CN(Cc1cccc(Cl)c1)C(=O)c1[nH]nc2ncnc(N[C@@H]3CC[C@@H](O)[C@H]3O)c12. The molecule has 0 saturated heterocycles. The molecule has 0 aliphatic heterocycles. The van der Waals surface area contributed by atoms with Gasteiger partial charge in [0.05, 0.1) is 23.6 Å². The van der Waals surface area contributed by atoms with Crippen LogP contribution in [0, 0.1) is 0 Å². The molecule has 0 spiro atoms. The molecule has 1 aliphatic carbocycles. The summed E-state index contributed by atoms with van der Waals surface area (Å²) in [7, 11) is 1.68. The monoisotopic (exact) mass is 416 g/mol. The van der Waals surface area contributed by atoms with Gasteiger partial charge in [0.15, 0.2) is 5.65 Å². The van der Waals surface area contributed by atoms with Crippen LogP contribution in [-0.4, -0.2) is 66.5 Å². The zero-order chi connectivity index (χ0) is 20.5. The molecule has 1 fully saturated rings. The van der Waals surface area contributed by atoms with Gasteiger partial charge in [-0.25, -0.2) is 9.97 Å². The maximum Gasteiger partial charge on any atom is 0.272 e. The molecule has 1 aromatic carbocycles. The van der Waals surface area contributed by atoms with Crippen molar-refractivity contribution in [2.45, 2.75) is 37.6 Å². The molecule has 2 heterocycles. The number of rotatable bonds is 5. The molecule has 4 rings (SSSR count). The lowest BCUT2D eigenvalue weighted by Crippen LogP contribution is -2.34. The lowest BCUT2D eigenvalue weighted by molar-refractivity contribution is 0.0392. The van der Waals surface area contributed by atoms with Gasteiger partial charge in [-0.05, 0) is 30.5 Å². The topological polar surface area (TPSA) is 127 Å². The first kappa shape index (κ1) is 19.6. The van der Waals surface area contributed by atoms with Crippen molar-refractivity contribution in [1.29, 1.82) is 0 Å². The number of aromatic nitrogens is 4. The maximum absolute atomic E-state index is 13.1. The molecule has 2 aromatic heterocycles. The first-order chi connectivity index (χ1) is 13.9. The summed E-state index contributed by atoms with van der Waals surface area (Å²) in [5.74, 6) is 0.110. The molecule has 10 heteroatoms. The van der Waals surface area contributed by atoms with Crippen molar-refractivity contribution in [2.75, 3.05) is 12.4 Å². The third-order valence-corrected chi connectivity index (χ3v) is 5.36. The van der Waals surface area contributed by atoms with Crippen molar-refractivity contribution in [3.63, 3.8) is 0 Å². The Kier molecular flexibility index (Phi) is 5.35. The average molecular weight is 417 g/mol. The Balaban J connectivity index is 1.61. The summed E-state index contributed by atoms with van der Waals surface area (Å²) in [5.41, 5.74) is 1.49. The van der Waals surface area contributed by atoms with Crippen molar-refractivity contribution >= 4 is 34.4 Å². The second-order valence-corrected chi connectivity index (χ2v) is 7.63. The second kappa shape index (κ2) is 7.94. The van der Waals surface area contributed by atoms with Crippen LogP contribution in [0.5, 0.6) is 0 Å². The molecule has 0 radical (unpaired) electrons. The number of aromatic amines is 1. The van der Waals surface area contributed by atoms with Gasteiger partial charge < -0.3 is 20.4 Å². The smallest absolute Gasteiger partial charge is 0.272 e. The Morgan fingerprint density at radius 2 is 2.17 bits per heavy atom. The van der Waals surface area contributed by atoms with Crippen LogP contribution < -0.4 is 5.32 Å². The van der Waals surface area contributed by atoms with E-state index in [4.69, 9.17) is 11.6 Å². The van der Waals surface area contributed by atoms with E-state index in [2.05, 4.69) is 25.5 Å². The summed E-state index contributed by atoms with van der Waals surface area (Å²) in [6.07, 6.45) is 0.736. The number of fused-ring (bicyclic) bond motifs is 1. The molecule has 152 valence electrons. The van der Waals surface area contributed by atoms with Gasteiger partial charge in [-0.3, -0.25) is 9.89 Å². The number of nitrogens with zero attached hydrogens (tertiary/aromatic N) is 4. The molecule has 0 unspecified atom stereocenters. The molecule has 1 aliphatic rings. The number of amides is 1. The normalized spacial score (nSPS) is 21.4. The van der Waals surface area contributed by atoms with Crippen molar-refractivity contribution in [3.05, 3.63) is 46.9 Å². The summed E-state index contributed by atoms with van der Waals surface area (Å²) < 4.78 is 0. The van der Waals surface area contributed by atoms with Gasteiger partial charge in [0.25, 0.3) is 5.91 Å². The number of halogens is 1. The molecule has 4 N–H and O–H groups in total. The standard InChI is InChI=1S/C19H21ClN6O3/c1-26(8-10-3-2-4-11(20)7-10)19(29)15-14-17(21-9-22-18(14)25-24-15)23-12-5-6-13(27)16(12)28/h2-4,7,9,12-13,16,27-28H,5-6,8H2,1H3,(H2,21,22,23,24,25)/t12-,13-,16+/m1/s1. The van der Waals surface area contributed by atoms with E-state index >= 15 is 0 Å². The highest BCUT2D eigenvalue weighted by atomic mass is 35.5. The van der Waals surface area contributed by atoms with E-state index in [-0.39, 0.29) is 17.6 Å². The summed E-state index contributed by atoms with van der Waals surface area (Å²) in [6.45, 7) is 0.365. The van der Waals surface area contributed by atoms with Crippen LogP contribution in [0.4, 0.5) is 5.82 Å². The Labute approximate surface area is 171 Å². The minimum absolute atomic E-state index is 0.251. The van der Waals surface area contributed by atoms with E-state index in [9.17, 15) is 15.0 Å². The Morgan fingerprint density at radius 3 is 2.90 bits per heavy atom.